The van der Waals surface area contributed by atoms with Crippen molar-refractivity contribution in [1.29, 1.82) is 5.41 Å². The van der Waals surface area contributed by atoms with Crippen molar-refractivity contribution >= 4 is 63.5 Å². The molecule has 1 amide bonds. The number of nitrogens with zero attached hydrogens (tertiary/aromatic N) is 3. The number of aliphatic imine (C=N–C) groups is 1. The van der Waals surface area contributed by atoms with E-state index in [0.29, 0.717) is 39.0 Å². The number of halogens is 1. The largest absolute Gasteiger partial charge is 0.493 e. The van der Waals surface area contributed by atoms with Gasteiger partial charge in [-0.05, 0) is 54.6 Å². The molecule has 0 saturated heterocycles. The Kier molecular flexibility index (Phi) is 7.50. The van der Waals surface area contributed by atoms with Gasteiger partial charge in [0.2, 0.25) is 5.17 Å². The maximum Gasteiger partial charge on any atom is 0.283 e. The summed E-state index contributed by atoms with van der Waals surface area (Å²) in [5.74, 6) is 1.04. The lowest BCUT2D eigenvalue weighted by Crippen LogP contribution is -2.41. The summed E-state index contributed by atoms with van der Waals surface area (Å²) in [6.45, 7) is 2.58. The standard InChI is InChI=1S/C23H21ClN4O4S2/c1-13-5-4-6-15(9-13)31-7-8-32-19-17(24)11-14(12-18(19)30-2)10-16-20(25)28-22(26-21(16)29)34-27-23(28)33-3/h4-6,9-12,25H,7-8H2,1-3H3/b16-10-,25-20?. The molecular formula is C23H21ClN4O4S2. The summed E-state index contributed by atoms with van der Waals surface area (Å²) in [4.78, 5) is 18.2. The Morgan fingerprint density at radius 2 is 2.03 bits per heavy atom. The molecule has 2 aromatic rings. The number of aryl methyl sites for hydroxylation is 1. The van der Waals surface area contributed by atoms with Crippen LogP contribution in [0.1, 0.15) is 11.1 Å². The van der Waals surface area contributed by atoms with Gasteiger partial charge in [-0.1, -0.05) is 35.5 Å². The molecule has 0 saturated carbocycles. The molecule has 176 valence electrons. The summed E-state index contributed by atoms with van der Waals surface area (Å²) in [7, 11) is 1.51. The second kappa shape index (κ2) is 10.5. The van der Waals surface area contributed by atoms with E-state index in [1.54, 1.807) is 23.1 Å². The number of hydrogen-bond donors (Lipinski definition) is 1. The number of carbonyl (C=O) groups excluding carboxylic acids is 1. The van der Waals surface area contributed by atoms with E-state index in [4.69, 9.17) is 31.2 Å². The lowest BCUT2D eigenvalue weighted by molar-refractivity contribution is -0.114. The molecule has 0 spiro atoms. The monoisotopic (exact) mass is 516 g/mol. The van der Waals surface area contributed by atoms with Gasteiger partial charge in [0.05, 0.1) is 29.7 Å². The van der Waals surface area contributed by atoms with E-state index in [1.165, 1.54) is 18.9 Å². The van der Waals surface area contributed by atoms with Crippen LogP contribution in [0.15, 0.2) is 51.4 Å². The lowest BCUT2D eigenvalue weighted by Gasteiger charge is -2.24. The zero-order valence-corrected chi connectivity index (χ0v) is 21.0. The van der Waals surface area contributed by atoms with E-state index >= 15 is 0 Å². The van der Waals surface area contributed by atoms with Gasteiger partial charge in [0, 0.05) is 0 Å². The van der Waals surface area contributed by atoms with Crippen LogP contribution in [0.5, 0.6) is 17.2 Å². The fraction of sp³-hybridized carbons (Fsp3) is 0.217. The van der Waals surface area contributed by atoms with Crippen LogP contribution < -0.4 is 14.2 Å². The quantitative estimate of drug-likeness (QED) is 0.312. The molecule has 2 aliphatic rings. The molecular weight excluding hydrogens is 496 g/mol. The second-order valence-corrected chi connectivity index (χ2v) is 9.07. The SMILES string of the molecule is COc1cc(/C=C2/C(=N)N3C(SC)=NSC3=NC2=O)cc(Cl)c1OCCOc1cccc(C)c1. The predicted molar refractivity (Wildman–Crippen MR) is 139 cm³/mol. The average molecular weight is 517 g/mol. The van der Waals surface area contributed by atoms with Crippen molar-refractivity contribution < 1.29 is 19.0 Å². The van der Waals surface area contributed by atoms with Crippen LogP contribution in [0, 0.1) is 12.3 Å². The van der Waals surface area contributed by atoms with E-state index in [-0.39, 0.29) is 18.0 Å². The van der Waals surface area contributed by atoms with Crippen molar-refractivity contribution in [3.8, 4) is 17.2 Å². The van der Waals surface area contributed by atoms with Crippen molar-refractivity contribution in [3.05, 3.63) is 58.1 Å². The summed E-state index contributed by atoms with van der Waals surface area (Å²) in [6.07, 6.45) is 3.41. The highest BCUT2D eigenvalue weighted by atomic mass is 35.5. The number of amidine groups is 3. The molecule has 2 aromatic carbocycles. The highest BCUT2D eigenvalue weighted by Gasteiger charge is 2.37. The minimum absolute atomic E-state index is 0.0109. The highest BCUT2D eigenvalue weighted by molar-refractivity contribution is 8.18. The van der Waals surface area contributed by atoms with Crippen LogP contribution in [0.25, 0.3) is 6.08 Å². The number of hydrogen-bond acceptors (Lipinski definition) is 8. The number of benzene rings is 2. The van der Waals surface area contributed by atoms with Gasteiger partial charge in [-0.3, -0.25) is 10.2 Å². The number of nitrogens with one attached hydrogen (secondary N) is 1. The number of carbonyl (C=O) groups is 1. The van der Waals surface area contributed by atoms with Crippen molar-refractivity contribution in [1.82, 2.24) is 4.90 Å². The average Bonchev–Trinajstić information content (AvgIpc) is 3.23. The van der Waals surface area contributed by atoms with Crippen LogP contribution in [0.2, 0.25) is 5.02 Å². The van der Waals surface area contributed by atoms with Gasteiger partial charge in [0.25, 0.3) is 5.91 Å². The molecule has 11 heteroatoms. The number of methoxy groups -OCH3 is 1. The van der Waals surface area contributed by atoms with E-state index in [9.17, 15) is 4.79 Å². The van der Waals surface area contributed by atoms with Crippen LogP contribution in [0.4, 0.5) is 0 Å². The Bertz CT molecular complexity index is 1250. The molecule has 0 unspecified atom stereocenters. The second-order valence-electron chi connectivity index (χ2n) is 7.16. The third-order valence-electron chi connectivity index (χ3n) is 4.83. The minimum Gasteiger partial charge on any atom is -0.493 e. The van der Waals surface area contributed by atoms with E-state index < -0.39 is 5.91 Å². The van der Waals surface area contributed by atoms with Gasteiger partial charge < -0.3 is 14.2 Å². The van der Waals surface area contributed by atoms with Crippen LogP contribution in [-0.2, 0) is 4.79 Å². The normalized spacial score (nSPS) is 16.4. The zero-order chi connectivity index (χ0) is 24.2. The van der Waals surface area contributed by atoms with Crippen LogP contribution in [-0.4, -0.2) is 53.6 Å². The molecule has 0 fully saturated rings. The van der Waals surface area contributed by atoms with Gasteiger partial charge >= 0.3 is 0 Å². The fourth-order valence-electron chi connectivity index (χ4n) is 3.27. The number of thioether (sulfide) groups is 1. The fourth-order valence-corrected chi connectivity index (χ4v) is 5.00. The van der Waals surface area contributed by atoms with E-state index in [1.807, 2.05) is 37.4 Å². The molecule has 0 atom stereocenters. The van der Waals surface area contributed by atoms with Crippen molar-refractivity contribution in [2.45, 2.75) is 6.92 Å². The first kappa shape index (κ1) is 24.2. The van der Waals surface area contributed by atoms with Gasteiger partial charge in [-0.2, -0.15) is 9.39 Å². The van der Waals surface area contributed by atoms with Crippen LogP contribution in [0.3, 0.4) is 0 Å². The molecule has 2 aliphatic heterocycles. The molecule has 8 nitrogen and oxygen atoms in total. The van der Waals surface area contributed by atoms with E-state index in [2.05, 4.69) is 9.39 Å². The number of amides is 1. The molecule has 4 rings (SSSR count). The minimum atomic E-state index is -0.509. The summed E-state index contributed by atoms with van der Waals surface area (Å²) in [5.41, 5.74) is 1.82. The third-order valence-corrected chi connectivity index (χ3v) is 6.56. The van der Waals surface area contributed by atoms with Gasteiger partial charge in [-0.15, -0.1) is 0 Å². The molecule has 1 N–H and O–H groups in total. The Hall–Kier alpha value is -2.95. The van der Waals surface area contributed by atoms with Crippen molar-refractivity contribution in [2.24, 2.45) is 9.39 Å². The van der Waals surface area contributed by atoms with Gasteiger partial charge in [0.15, 0.2) is 16.7 Å². The maximum atomic E-state index is 12.6. The van der Waals surface area contributed by atoms with Crippen LogP contribution >= 0.6 is 35.3 Å². The molecule has 0 bridgehead atoms. The topological polar surface area (TPSA) is 96.6 Å². The van der Waals surface area contributed by atoms with E-state index in [0.717, 1.165) is 23.3 Å². The predicted octanol–water partition coefficient (Wildman–Crippen LogP) is 5.05. The first-order chi connectivity index (χ1) is 16.4. The lowest BCUT2D eigenvalue weighted by atomic mass is 10.1. The molecule has 2 heterocycles. The summed E-state index contributed by atoms with van der Waals surface area (Å²) >= 11 is 8.94. The summed E-state index contributed by atoms with van der Waals surface area (Å²) in [5, 5.41) is 9.81. The Morgan fingerprint density at radius 3 is 2.76 bits per heavy atom. The third kappa shape index (κ3) is 5.08. The number of rotatable bonds is 7. The first-order valence-electron chi connectivity index (χ1n) is 10.1. The summed E-state index contributed by atoms with van der Waals surface area (Å²) < 4.78 is 21.2. The molecule has 34 heavy (non-hydrogen) atoms. The van der Waals surface area contributed by atoms with Crippen molar-refractivity contribution in [2.75, 3.05) is 26.6 Å². The van der Waals surface area contributed by atoms with Crippen molar-refractivity contribution in [3.63, 3.8) is 0 Å². The maximum absolute atomic E-state index is 12.6. The number of fused-ring (bicyclic) bond motifs is 1. The highest BCUT2D eigenvalue weighted by Crippen LogP contribution is 2.38. The smallest absolute Gasteiger partial charge is 0.283 e. The molecule has 0 aliphatic carbocycles. The van der Waals surface area contributed by atoms with Gasteiger partial charge in [0.1, 0.15) is 24.8 Å². The molecule has 0 radical (unpaired) electrons. The van der Waals surface area contributed by atoms with Gasteiger partial charge in [-0.25, -0.2) is 4.90 Å². The summed E-state index contributed by atoms with van der Waals surface area (Å²) in [6, 6.07) is 11.1. The Labute approximate surface area is 210 Å². The number of ether oxygens (including phenoxy) is 3. The Morgan fingerprint density at radius 1 is 1.24 bits per heavy atom. The zero-order valence-electron chi connectivity index (χ0n) is 18.6. The first-order valence-corrected chi connectivity index (χ1v) is 12.5. The Balaban J connectivity index is 1.50. The molecule has 0 aromatic heterocycles.